The van der Waals surface area contributed by atoms with Gasteiger partial charge in [0.25, 0.3) is 0 Å². The van der Waals surface area contributed by atoms with E-state index in [1.165, 1.54) is 0 Å². The van der Waals surface area contributed by atoms with E-state index in [1.54, 1.807) is 13.8 Å². The van der Waals surface area contributed by atoms with Crippen LogP contribution in [0.25, 0.3) is 20.9 Å². The van der Waals surface area contributed by atoms with Gasteiger partial charge in [0.1, 0.15) is 0 Å². The van der Waals surface area contributed by atoms with Crippen molar-refractivity contribution in [2.45, 2.75) is 25.9 Å². The van der Waals surface area contributed by atoms with Crippen LogP contribution in [0.5, 0.6) is 0 Å². The second kappa shape index (κ2) is 4.49. The molecule has 10 heavy (non-hydrogen) atoms. The predicted octanol–water partition coefficient (Wildman–Crippen LogP) is 2.38. The van der Waals surface area contributed by atoms with E-state index in [9.17, 15) is 0 Å². The molecule has 0 N–H and O–H groups in total. The Kier molecular flexibility index (Phi) is 3.87. The first kappa shape index (κ1) is 8.62. The Morgan fingerprint density at radius 2 is 1.30 bits per heavy atom. The van der Waals surface area contributed by atoms with E-state index in [0.29, 0.717) is 0 Å². The minimum absolute atomic E-state index is 0.277. The number of azide groups is 2. The number of hydrogen-bond acceptors (Lipinski definition) is 2. The highest BCUT2D eigenvalue weighted by atomic mass is 15.2. The van der Waals surface area contributed by atoms with Crippen LogP contribution in [0.2, 0.25) is 0 Å². The van der Waals surface area contributed by atoms with Gasteiger partial charge in [0.15, 0.2) is 0 Å². The lowest BCUT2D eigenvalue weighted by Crippen LogP contribution is -2.12. The lowest BCUT2D eigenvalue weighted by Gasteiger charge is -2.05. The molecule has 0 aromatic rings. The van der Waals surface area contributed by atoms with Crippen LogP contribution in [0.3, 0.4) is 0 Å². The summed E-state index contributed by atoms with van der Waals surface area (Å²) in [5, 5.41) is 6.72. The van der Waals surface area contributed by atoms with Crippen molar-refractivity contribution in [3.63, 3.8) is 0 Å². The monoisotopic (exact) mass is 140 g/mol. The molecule has 0 aromatic heterocycles. The molecule has 0 spiro atoms. The SMILES string of the molecule is CC(N=[N+]=[N-])C(C)N=[N+]=[N-]. The van der Waals surface area contributed by atoms with E-state index in [1.807, 2.05) is 0 Å². The van der Waals surface area contributed by atoms with Gasteiger partial charge in [-0.3, -0.25) is 0 Å². The molecule has 0 fully saturated rings. The molecule has 0 amide bonds. The summed E-state index contributed by atoms with van der Waals surface area (Å²) >= 11 is 0. The van der Waals surface area contributed by atoms with Crippen molar-refractivity contribution in [3.8, 4) is 0 Å². The summed E-state index contributed by atoms with van der Waals surface area (Å²) in [6, 6.07) is -0.554. The van der Waals surface area contributed by atoms with Crippen molar-refractivity contribution in [2.75, 3.05) is 0 Å². The second-order valence-corrected chi connectivity index (χ2v) is 1.89. The van der Waals surface area contributed by atoms with E-state index >= 15 is 0 Å². The normalized spacial score (nSPS) is 14.2. The third-order valence-electron chi connectivity index (χ3n) is 1.17. The van der Waals surface area contributed by atoms with Gasteiger partial charge in [-0.05, 0) is 11.1 Å². The third kappa shape index (κ3) is 2.81. The Labute approximate surface area is 58.1 Å². The van der Waals surface area contributed by atoms with Gasteiger partial charge in [-0.15, -0.1) is 0 Å². The Morgan fingerprint density at radius 3 is 1.50 bits per heavy atom. The van der Waals surface area contributed by atoms with Crippen molar-refractivity contribution >= 4 is 0 Å². The quantitative estimate of drug-likeness (QED) is 0.326. The highest BCUT2D eigenvalue weighted by Gasteiger charge is 2.06. The van der Waals surface area contributed by atoms with Gasteiger partial charge in [-0.25, -0.2) is 0 Å². The Morgan fingerprint density at radius 1 is 1.00 bits per heavy atom. The molecule has 2 unspecified atom stereocenters. The number of nitrogens with zero attached hydrogens (tertiary/aromatic N) is 6. The van der Waals surface area contributed by atoms with Crippen LogP contribution >= 0.6 is 0 Å². The van der Waals surface area contributed by atoms with Gasteiger partial charge in [0.05, 0.1) is 0 Å². The van der Waals surface area contributed by atoms with E-state index in [2.05, 4.69) is 20.1 Å². The Balaban J connectivity index is 4.05. The maximum atomic E-state index is 7.98. The summed E-state index contributed by atoms with van der Waals surface area (Å²) in [5.74, 6) is 0. The molecule has 0 heterocycles. The maximum Gasteiger partial charge on any atom is 0.0427 e. The molecule has 0 radical (unpaired) electrons. The summed E-state index contributed by atoms with van der Waals surface area (Å²) < 4.78 is 0. The molecule has 6 heteroatoms. The maximum absolute atomic E-state index is 7.98. The average Bonchev–Trinajstić information content (AvgIpc) is 1.89. The standard InChI is InChI=1S/C4H8N6/c1-3(7-9-5)4(2)8-10-6/h3-4H,1-2H3. The summed E-state index contributed by atoms with van der Waals surface area (Å²) in [5.41, 5.74) is 16.0. The van der Waals surface area contributed by atoms with E-state index in [4.69, 9.17) is 11.1 Å². The van der Waals surface area contributed by atoms with Gasteiger partial charge in [0, 0.05) is 21.9 Å². The Hall–Kier alpha value is -1.38. The molecule has 0 saturated heterocycles. The highest BCUT2D eigenvalue weighted by Crippen LogP contribution is 2.01. The zero-order valence-electron chi connectivity index (χ0n) is 5.84. The van der Waals surface area contributed by atoms with Gasteiger partial charge in [0.2, 0.25) is 0 Å². The molecule has 0 aromatic carbocycles. The van der Waals surface area contributed by atoms with Gasteiger partial charge >= 0.3 is 0 Å². The van der Waals surface area contributed by atoms with Crippen LogP contribution in [0.1, 0.15) is 13.8 Å². The lowest BCUT2D eigenvalue weighted by atomic mass is 10.2. The molecule has 2 atom stereocenters. The summed E-state index contributed by atoms with van der Waals surface area (Å²) in [6.07, 6.45) is 0. The number of rotatable bonds is 3. The highest BCUT2D eigenvalue weighted by molar-refractivity contribution is 4.74. The van der Waals surface area contributed by atoms with Gasteiger partial charge < -0.3 is 0 Å². The fraction of sp³-hybridized carbons (Fsp3) is 1.00. The molecule has 54 valence electrons. The van der Waals surface area contributed by atoms with Crippen molar-refractivity contribution < 1.29 is 0 Å². The fourth-order valence-electron chi connectivity index (χ4n) is 0.356. The molecule has 0 aliphatic carbocycles. The third-order valence-corrected chi connectivity index (χ3v) is 1.17. The van der Waals surface area contributed by atoms with Gasteiger partial charge in [-0.1, -0.05) is 24.1 Å². The molecule has 0 saturated carbocycles. The smallest absolute Gasteiger partial charge is 0.0427 e. The van der Waals surface area contributed by atoms with E-state index in [0.717, 1.165) is 0 Å². The van der Waals surface area contributed by atoms with Gasteiger partial charge in [-0.2, -0.15) is 0 Å². The summed E-state index contributed by atoms with van der Waals surface area (Å²) in [7, 11) is 0. The van der Waals surface area contributed by atoms with Crippen molar-refractivity contribution in [2.24, 2.45) is 10.2 Å². The minimum atomic E-state index is -0.277. The van der Waals surface area contributed by atoms with Crippen LogP contribution in [-0.2, 0) is 0 Å². The van der Waals surface area contributed by atoms with E-state index in [-0.39, 0.29) is 12.1 Å². The van der Waals surface area contributed by atoms with E-state index < -0.39 is 0 Å². The molecular formula is C4H8N6. The van der Waals surface area contributed by atoms with Crippen LogP contribution in [0.15, 0.2) is 10.2 Å². The van der Waals surface area contributed by atoms with Crippen LogP contribution < -0.4 is 0 Å². The molecule has 0 aliphatic rings. The molecule has 0 bridgehead atoms. The first-order valence-corrected chi connectivity index (χ1v) is 2.80. The first-order chi connectivity index (χ1) is 4.72. The second-order valence-electron chi connectivity index (χ2n) is 1.89. The van der Waals surface area contributed by atoms with Crippen LogP contribution in [0, 0.1) is 0 Å². The van der Waals surface area contributed by atoms with Crippen LogP contribution in [0.4, 0.5) is 0 Å². The van der Waals surface area contributed by atoms with Crippen molar-refractivity contribution in [1.29, 1.82) is 0 Å². The number of hydrogen-bond donors (Lipinski definition) is 0. The molecular weight excluding hydrogens is 132 g/mol. The molecule has 0 rings (SSSR count). The first-order valence-electron chi connectivity index (χ1n) is 2.80. The summed E-state index contributed by atoms with van der Waals surface area (Å²) in [6.45, 7) is 3.39. The summed E-state index contributed by atoms with van der Waals surface area (Å²) in [4.78, 5) is 5.16. The lowest BCUT2D eigenvalue weighted by molar-refractivity contribution is 0.597. The molecule has 6 nitrogen and oxygen atoms in total. The fourth-order valence-corrected chi connectivity index (χ4v) is 0.356. The van der Waals surface area contributed by atoms with Crippen LogP contribution in [-0.4, -0.2) is 12.1 Å². The van der Waals surface area contributed by atoms with Crippen molar-refractivity contribution in [3.05, 3.63) is 20.9 Å². The zero-order valence-corrected chi connectivity index (χ0v) is 5.84. The topological polar surface area (TPSA) is 97.5 Å². The van der Waals surface area contributed by atoms with Crippen molar-refractivity contribution in [1.82, 2.24) is 0 Å². The molecule has 0 aliphatic heterocycles. The minimum Gasteiger partial charge on any atom is -0.0905 e. The largest absolute Gasteiger partial charge is 0.0905 e. The Bertz CT molecular complexity index is 164. The zero-order chi connectivity index (χ0) is 7.98. The predicted molar refractivity (Wildman–Crippen MR) is 37.2 cm³/mol. The average molecular weight is 140 g/mol.